The van der Waals surface area contributed by atoms with Gasteiger partial charge in [-0.2, -0.15) is 9.97 Å². The molecule has 10 nitrogen and oxygen atoms in total. The first-order chi connectivity index (χ1) is 19.2. The van der Waals surface area contributed by atoms with Crippen molar-refractivity contribution in [3.05, 3.63) is 6.07 Å². The summed E-state index contributed by atoms with van der Waals surface area (Å²) in [7, 11) is 0. The van der Waals surface area contributed by atoms with Crippen molar-refractivity contribution in [3.8, 4) is 0 Å². The third-order valence-corrected chi connectivity index (χ3v) is 8.72. The zero-order chi connectivity index (χ0) is 27.1. The summed E-state index contributed by atoms with van der Waals surface area (Å²) in [6.07, 6.45) is 13.4. The highest BCUT2D eigenvalue weighted by molar-refractivity contribution is 5.51. The summed E-state index contributed by atoms with van der Waals surface area (Å²) in [4.78, 5) is 13.9. The van der Waals surface area contributed by atoms with E-state index in [2.05, 4.69) is 30.7 Å². The van der Waals surface area contributed by atoms with Crippen LogP contribution >= 0.6 is 0 Å². The van der Waals surface area contributed by atoms with E-state index in [9.17, 15) is 0 Å². The molecule has 0 amide bonds. The number of hydrogen-bond acceptors (Lipinski definition) is 10. The Bertz CT molecular complexity index is 793. The van der Waals surface area contributed by atoms with E-state index < -0.39 is 0 Å². The summed E-state index contributed by atoms with van der Waals surface area (Å²) in [6, 6.07) is 2.63. The Balaban J connectivity index is 1.07. The topological polar surface area (TPSA) is 124 Å². The molecule has 3 fully saturated rings. The van der Waals surface area contributed by atoms with Crippen LogP contribution in [0.15, 0.2) is 6.07 Å². The fraction of sp³-hybridized carbons (Fsp3) is 0.862. The van der Waals surface area contributed by atoms with Crippen molar-refractivity contribution in [1.29, 1.82) is 0 Å². The Labute approximate surface area is 235 Å². The molecule has 222 valence electrons. The fourth-order valence-electron chi connectivity index (χ4n) is 6.24. The molecule has 2 saturated carbocycles. The third-order valence-electron chi connectivity index (χ3n) is 8.72. The Kier molecular flexibility index (Phi) is 13.3. The van der Waals surface area contributed by atoms with Gasteiger partial charge in [0.15, 0.2) is 0 Å². The average molecular weight is 547 g/mol. The van der Waals surface area contributed by atoms with Crippen LogP contribution in [0.3, 0.4) is 0 Å². The van der Waals surface area contributed by atoms with Crippen molar-refractivity contribution in [1.82, 2.24) is 25.5 Å². The van der Waals surface area contributed by atoms with E-state index in [1.54, 1.807) is 0 Å². The molecule has 0 radical (unpaired) electrons. The normalized spacial score (nSPS) is 23.3. The number of rotatable bonds is 16. The Morgan fingerprint density at radius 1 is 0.897 bits per heavy atom. The number of aromatic nitrogens is 2. The molecule has 0 unspecified atom stereocenters. The molecule has 10 heteroatoms. The van der Waals surface area contributed by atoms with Crippen LogP contribution < -0.4 is 26.6 Å². The molecule has 4 rings (SSSR count). The van der Waals surface area contributed by atoms with E-state index in [4.69, 9.17) is 20.6 Å². The molecule has 1 aliphatic heterocycles. The lowest BCUT2D eigenvalue weighted by atomic mass is 9.82. The highest BCUT2D eigenvalue weighted by Crippen LogP contribution is 2.29. The molecule has 39 heavy (non-hydrogen) atoms. The first-order valence-corrected chi connectivity index (χ1v) is 15.7. The first kappa shape index (κ1) is 30.2. The zero-order valence-electron chi connectivity index (χ0n) is 24.1. The van der Waals surface area contributed by atoms with Gasteiger partial charge in [0.25, 0.3) is 0 Å². The molecular weight excluding hydrogens is 492 g/mol. The summed E-state index contributed by atoms with van der Waals surface area (Å²) in [5.41, 5.74) is 6.15. The number of anilines is 3. The summed E-state index contributed by atoms with van der Waals surface area (Å²) in [6.45, 7) is 10.1. The van der Waals surface area contributed by atoms with E-state index in [0.29, 0.717) is 24.9 Å². The Morgan fingerprint density at radius 3 is 2.38 bits per heavy atom. The monoisotopic (exact) mass is 546 g/mol. The van der Waals surface area contributed by atoms with Gasteiger partial charge in [0.1, 0.15) is 11.6 Å². The average Bonchev–Trinajstić information content (AvgIpc) is 2.97. The second-order valence-electron chi connectivity index (χ2n) is 11.8. The number of aliphatic hydroxyl groups excluding tert-OH is 1. The smallest absolute Gasteiger partial charge is 0.229 e. The number of nitrogens with two attached hydrogens (primary N) is 1. The lowest BCUT2D eigenvalue weighted by Crippen LogP contribution is -2.48. The molecule has 3 aliphatic rings. The van der Waals surface area contributed by atoms with E-state index in [0.717, 1.165) is 76.1 Å². The predicted octanol–water partition coefficient (Wildman–Crippen LogP) is 2.31. The molecule has 2 heterocycles. The van der Waals surface area contributed by atoms with Crippen LogP contribution in [0.5, 0.6) is 0 Å². The summed E-state index contributed by atoms with van der Waals surface area (Å²) >= 11 is 0. The highest BCUT2D eigenvalue weighted by atomic mass is 16.5. The zero-order valence-corrected chi connectivity index (χ0v) is 24.1. The van der Waals surface area contributed by atoms with Crippen molar-refractivity contribution < 1.29 is 9.84 Å². The van der Waals surface area contributed by atoms with Gasteiger partial charge >= 0.3 is 0 Å². The fourth-order valence-corrected chi connectivity index (χ4v) is 6.24. The number of nitrogen functional groups attached to an aromatic ring is 1. The molecule has 6 N–H and O–H groups in total. The number of nitrogens with zero attached hydrogens (tertiary/aromatic N) is 4. The second-order valence-corrected chi connectivity index (χ2v) is 11.8. The Hall–Kier alpha value is -1.72. The molecule has 0 bridgehead atoms. The van der Waals surface area contributed by atoms with Crippen LogP contribution in [0, 0.1) is 11.8 Å². The second kappa shape index (κ2) is 17.2. The van der Waals surface area contributed by atoms with Crippen molar-refractivity contribution in [2.45, 2.75) is 70.3 Å². The number of piperazine rings is 1. The number of hydrogen-bond donors (Lipinski definition) is 5. The molecule has 0 spiro atoms. The lowest BCUT2D eigenvalue weighted by Gasteiger charge is -2.34. The summed E-state index contributed by atoms with van der Waals surface area (Å²) < 4.78 is 5.40. The van der Waals surface area contributed by atoms with Crippen LogP contribution in [-0.4, -0.2) is 105 Å². The first-order valence-electron chi connectivity index (χ1n) is 15.7. The molecule has 0 aromatic carbocycles. The highest BCUT2D eigenvalue weighted by Gasteiger charge is 2.22. The number of ether oxygens (including phenoxy) is 1. The maximum atomic E-state index is 8.83. The number of aliphatic hydroxyl groups is 1. The van der Waals surface area contributed by atoms with Crippen LogP contribution in [0.1, 0.15) is 64.2 Å². The molecule has 0 atom stereocenters. The maximum absolute atomic E-state index is 8.83. The van der Waals surface area contributed by atoms with Gasteiger partial charge in [0.05, 0.1) is 19.8 Å². The van der Waals surface area contributed by atoms with Crippen LogP contribution in [0.2, 0.25) is 0 Å². The van der Waals surface area contributed by atoms with Gasteiger partial charge in [-0.25, -0.2) is 0 Å². The summed E-state index contributed by atoms with van der Waals surface area (Å²) in [5, 5.41) is 19.9. The predicted molar refractivity (Wildman–Crippen MR) is 159 cm³/mol. The van der Waals surface area contributed by atoms with Crippen molar-refractivity contribution in [2.24, 2.45) is 11.8 Å². The van der Waals surface area contributed by atoms with E-state index in [1.807, 2.05) is 6.07 Å². The SMILES string of the molecule is Nc1cc(NC[C@H]2CC[C@H](CNCCCNC3CCCCC3)CC2)nc(N2CCN(CCOCCO)CC2)n1. The van der Waals surface area contributed by atoms with Gasteiger partial charge in [-0.3, -0.25) is 4.90 Å². The van der Waals surface area contributed by atoms with Crippen molar-refractivity contribution >= 4 is 17.6 Å². The van der Waals surface area contributed by atoms with Gasteiger partial charge in [-0.05, 0) is 76.4 Å². The summed E-state index contributed by atoms with van der Waals surface area (Å²) in [5.74, 6) is 3.58. The van der Waals surface area contributed by atoms with Crippen LogP contribution in [0.4, 0.5) is 17.6 Å². The van der Waals surface area contributed by atoms with Gasteiger partial charge in [-0.1, -0.05) is 19.3 Å². The lowest BCUT2D eigenvalue weighted by molar-refractivity contribution is 0.0724. The largest absolute Gasteiger partial charge is 0.394 e. The third kappa shape index (κ3) is 11.0. The molecule has 1 aromatic heterocycles. The quantitative estimate of drug-likeness (QED) is 0.197. The van der Waals surface area contributed by atoms with E-state index in [-0.39, 0.29) is 6.61 Å². The van der Waals surface area contributed by atoms with Crippen LogP contribution in [0.25, 0.3) is 0 Å². The minimum Gasteiger partial charge on any atom is -0.394 e. The van der Waals surface area contributed by atoms with Gasteiger partial charge in [0.2, 0.25) is 5.95 Å². The van der Waals surface area contributed by atoms with E-state index in [1.165, 1.54) is 70.8 Å². The molecule has 2 aliphatic carbocycles. The minimum atomic E-state index is 0.0776. The van der Waals surface area contributed by atoms with Crippen LogP contribution in [-0.2, 0) is 4.74 Å². The van der Waals surface area contributed by atoms with Crippen molar-refractivity contribution in [2.75, 3.05) is 94.7 Å². The minimum absolute atomic E-state index is 0.0776. The van der Waals surface area contributed by atoms with E-state index >= 15 is 0 Å². The van der Waals surface area contributed by atoms with Crippen molar-refractivity contribution in [3.63, 3.8) is 0 Å². The molecule has 1 saturated heterocycles. The van der Waals surface area contributed by atoms with Gasteiger partial charge < -0.3 is 36.4 Å². The molecular formula is C29H54N8O2. The Morgan fingerprint density at radius 2 is 1.64 bits per heavy atom. The maximum Gasteiger partial charge on any atom is 0.229 e. The number of nitrogens with one attached hydrogen (secondary N) is 3. The van der Waals surface area contributed by atoms with Gasteiger partial charge in [-0.15, -0.1) is 0 Å². The van der Waals surface area contributed by atoms with Gasteiger partial charge in [0, 0.05) is 51.4 Å². The molecule has 1 aromatic rings. The standard InChI is InChI=1S/C29H54N8O2/c30-27-21-28(35-29(34-27)37-15-13-36(14-16-37)17-19-39-20-18-38)33-23-25-9-7-24(8-10-25)22-31-11-4-12-32-26-5-2-1-3-6-26/h21,24-26,31-32,38H,1-20,22-23H2,(H3,30,33,34,35)/t24-,25-.